The summed E-state index contributed by atoms with van der Waals surface area (Å²) in [4.78, 5) is 16.6. The van der Waals surface area contributed by atoms with E-state index in [1.807, 2.05) is 0 Å². The van der Waals surface area contributed by atoms with Crippen molar-refractivity contribution in [2.24, 2.45) is 5.92 Å². The maximum atomic E-state index is 12.5. The highest BCUT2D eigenvalue weighted by Gasteiger charge is 2.28. The topological polar surface area (TPSA) is 63.2 Å². The van der Waals surface area contributed by atoms with E-state index in [-0.39, 0.29) is 18.1 Å². The first-order valence-corrected chi connectivity index (χ1v) is 8.72. The molecule has 2 heterocycles. The van der Waals surface area contributed by atoms with Crippen LogP contribution in [0, 0.1) is 5.92 Å². The van der Waals surface area contributed by atoms with Crippen molar-refractivity contribution in [3.63, 3.8) is 0 Å². The Kier molecular flexibility index (Phi) is 6.66. The zero-order chi connectivity index (χ0) is 16.8. The Bertz CT molecular complexity index is 535. The molecular weight excluding hydrogens is 314 g/mol. The first-order valence-electron chi connectivity index (χ1n) is 8.35. The number of carbonyl (C=O) groups is 1. The van der Waals surface area contributed by atoms with Gasteiger partial charge in [-0.15, -0.1) is 0 Å². The molecule has 2 atom stereocenters. The highest BCUT2D eigenvalue weighted by molar-refractivity contribution is 6.29. The molecule has 23 heavy (non-hydrogen) atoms. The summed E-state index contributed by atoms with van der Waals surface area (Å²) in [6.07, 6.45) is 4.16. The monoisotopic (exact) mass is 339 g/mol. The van der Waals surface area contributed by atoms with Crippen LogP contribution in [0.25, 0.3) is 0 Å². The van der Waals surface area contributed by atoms with E-state index in [1.54, 1.807) is 19.2 Å². The van der Waals surface area contributed by atoms with Gasteiger partial charge in [-0.05, 0) is 30.9 Å². The molecule has 1 aliphatic heterocycles. The lowest BCUT2D eigenvalue weighted by molar-refractivity contribution is -0.0337. The first-order chi connectivity index (χ1) is 11.1. The lowest BCUT2D eigenvalue weighted by Crippen LogP contribution is -2.44. The highest BCUT2D eigenvalue weighted by atomic mass is 35.5. The van der Waals surface area contributed by atoms with Crippen molar-refractivity contribution in [2.75, 3.05) is 19.0 Å². The summed E-state index contributed by atoms with van der Waals surface area (Å²) >= 11 is 5.97. The second-order valence-corrected chi connectivity index (χ2v) is 6.38. The number of amides is 1. The van der Waals surface area contributed by atoms with Gasteiger partial charge in [0.05, 0.1) is 6.10 Å². The van der Waals surface area contributed by atoms with Gasteiger partial charge in [-0.1, -0.05) is 38.3 Å². The smallest absolute Gasteiger partial charge is 0.251 e. The minimum atomic E-state index is -0.110. The normalized spacial score (nSPS) is 21.3. The van der Waals surface area contributed by atoms with Gasteiger partial charge < -0.3 is 15.4 Å². The molecule has 0 radical (unpaired) electrons. The average Bonchev–Trinajstić information content (AvgIpc) is 2.55. The number of rotatable bonds is 6. The number of nitrogens with one attached hydrogen (secondary N) is 2. The average molecular weight is 340 g/mol. The molecule has 1 aliphatic rings. The van der Waals surface area contributed by atoms with E-state index >= 15 is 0 Å². The molecule has 2 rings (SSSR count). The molecule has 0 unspecified atom stereocenters. The van der Waals surface area contributed by atoms with Gasteiger partial charge in [0.15, 0.2) is 0 Å². The number of hydrogen-bond acceptors (Lipinski definition) is 4. The van der Waals surface area contributed by atoms with E-state index in [0.717, 1.165) is 25.7 Å². The number of carbonyl (C=O) groups excluding carboxylic acids is 1. The second-order valence-electron chi connectivity index (χ2n) is 5.99. The Hall–Kier alpha value is -1.33. The number of ether oxygens (including phenoxy) is 1. The summed E-state index contributed by atoms with van der Waals surface area (Å²) in [5.74, 6) is 1.03. The molecule has 5 nitrogen and oxygen atoms in total. The van der Waals surface area contributed by atoms with Gasteiger partial charge >= 0.3 is 0 Å². The molecule has 0 saturated carbocycles. The quantitative estimate of drug-likeness (QED) is 0.779. The van der Waals surface area contributed by atoms with Crippen molar-refractivity contribution >= 4 is 23.3 Å². The Morgan fingerprint density at radius 3 is 2.83 bits per heavy atom. The van der Waals surface area contributed by atoms with E-state index < -0.39 is 0 Å². The predicted molar refractivity (Wildman–Crippen MR) is 93.1 cm³/mol. The zero-order valence-corrected chi connectivity index (χ0v) is 14.8. The van der Waals surface area contributed by atoms with Crippen LogP contribution < -0.4 is 10.6 Å². The maximum Gasteiger partial charge on any atom is 0.251 e. The Labute approximate surface area is 143 Å². The molecule has 0 aliphatic carbocycles. The minimum absolute atomic E-state index is 0.110. The molecule has 1 aromatic rings. The van der Waals surface area contributed by atoms with Crippen LogP contribution in [-0.2, 0) is 4.74 Å². The van der Waals surface area contributed by atoms with Crippen LogP contribution in [0.1, 0.15) is 49.9 Å². The van der Waals surface area contributed by atoms with Gasteiger partial charge in [0.2, 0.25) is 0 Å². The van der Waals surface area contributed by atoms with E-state index in [1.165, 1.54) is 0 Å². The number of pyridine rings is 1. The Balaban J connectivity index is 2.01. The molecule has 0 bridgehead atoms. The number of hydrogen-bond donors (Lipinski definition) is 2. The molecule has 6 heteroatoms. The molecule has 0 spiro atoms. The Morgan fingerprint density at radius 1 is 1.43 bits per heavy atom. The second kappa shape index (κ2) is 8.50. The molecule has 1 aromatic heterocycles. The van der Waals surface area contributed by atoms with Gasteiger partial charge in [-0.3, -0.25) is 4.79 Å². The molecule has 128 valence electrons. The van der Waals surface area contributed by atoms with E-state index in [2.05, 4.69) is 29.5 Å². The molecular formula is C17H26ClN3O2. The number of aromatic nitrogens is 1. The SMILES string of the molecule is CCC(CC)[C@H]1C[C@H](NC(=O)c2cc(Cl)nc(NC)c2)CCO1. The third kappa shape index (κ3) is 4.82. The van der Waals surface area contributed by atoms with E-state index in [0.29, 0.717) is 29.1 Å². The summed E-state index contributed by atoms with van der Waals surface area (Å²) in [6.45, 7) is 5.08. The highest BCUT2D eigenvalue weighted by Crippen LogP contribution is 2.25. The van der Waals surface area contributed by atoms with Crippen LogP contribution in [0.2, 0.25) is 5.15 Å². The summed E-state index contributed by atoms with van der Waals surface area (Å²) in [6, 6.07) is 3.45. The van der Waals surface area contributed by atoms with Crippen molar-refractivity contribution in [3.05, 3.63) is 22.8 Å². The van der Waals surface area contributed by atoms with Crippen LogP contribution in [0.5, 0.6) is 0 Å². The van der Waals surface area contributed by atoms with E-state index in [9.17, 15) is 4.79 Å². The summed E-state index contributed by atoms with van der Waals surface area (Å²) in [7, 11) is 1.75. The minimum Gasteiger partial charge on any atom is -0.378 e. The van der Waals surface area contributed by atoms with Crippen molar-refractivity contribution in [1.82, 2.24) is 10.3 Å². The molecule has 1 amide bonds. The summed E-state index contributed by atoms with van der Waals surface area (Å²) in [5, 5.41) is 6.33. The third-order valence-electron chi connectivity index (χ3n) is 4.54. The number of halogens is 1. The third-order valence-corrected chi connectivity index (χ3v) is 4.73. The van der Waals surface area contributed by atoms with Crippen LogP contribution >= 0.6 is 11.6 Å². The largest absolute Gasteiger partial charge is 0.378 e. The standard InChI is InChI=1S/C17H26ClN3O2/c1-4-11(5-2)14-10-13(6-7-23-14)20-17(22)12-8-15(18)21-16(9-12)19-3/h8-9,11,13-14H,4-7,10H2,1-3H3,(H,19,21)(H,20,22)/t13-,14-/m1/s1. The lowest BCUT2D eigenvalue weighted by Gasteiger charge is -2.34. The first kappa shape index (κ1) is 18.0. The van der Waals surface area contributed by atoms with Gasteiger partial charge in [0.1, 0.15) is 11.0 Å². The van der Waals surface area contributed by atoms with Crippen LogP contribution in [-0.4, -0.2) is 36.7 Å². The van der Waals surface area contributed by atoms with Crippen LogP contribution in [0.4, 0.5) is 5.82 Å². The summed E-state index contributed by atoms with van der Waals surface area (Å²) < 4.78 is 5.90. The fourth-order valence-electron chi connectivity index (χ4n) is 3.13. The lowest BCUT2D eigenvalue weighted by atomic mass is 9.89. The van der Waals surface area contributed by atoms with Crippen LogP contribution in [0.15, 0.2) is 12.1 Å². The van der Waals surface area contributed by atoms with Gasteiger partial charge in [0.25, 0.3) is 5.91 Å². The van der Waals surface area contributed by atoms with Crippen LogP contribution in [0.3, 0.4) is 0 Å². The molecule has 2 N–H and O–H groups in total. The van der Waals surface area contributed by atoms with Crippen molar-refractivity contribution in [3.8, 4) is 0 Å². The summed E-state index contributed by atoms with van der Waals surface area (Å²) in [5.41, 5.74) is 0.528. The number of anilines is 1. The molecule has 0 aromatic carbocycles. The predicted octanol–water partition coefficient (Wildman–Crippen LogP) is 3.49. The van der Waals surface area contributed by atoms with Crippen molar-refractivity contribution in [2.45, 2.75) is 51.7 Å². The van der Waals surface area contributed by atoms with Crippen molar-refractivity contribution in [1.29, 1.82) is 0 Å². The van der Waals surface area contributed by atoms with Gasteiger partial charge in [-0.2, -0.15) is 0 Å². The maximum absolute atomic E-state index is 12.5. The van der Waals surface area contributed by atoms with Crippen molar-refractivity contribution < 1.29 is 9.53 Å². The molecule has 1 fully saturated rings. The number of nitrogens with zero attached hydrogens (tertiary/aromatic N) is 1. The Morgan fingerprint density at radius 2 is 2.17 bits per heavy atom. The van der Waals surface area contributed by atoms with E-state index in [4.69, 9.17) is 16.3 Å². The fourth-order valence-corrected chi connectivity index (χ4v) is 3.34. The van der Waals surface area contributed by atoms with Gasteiger partial charge in [-0.25, -0.2) is 4.98 Å². The molecule has 1 saturated heterocycles. The fraction of sp³-hybridized carbons (Fsp3) is 0.647. The zero-order valence-electron chi connectivity index (χ0n) is 14.1. The van der Waals surface area contributed by atoms with Gasteiger partial charge in [0, 0.05) is 25.3 Å².